The number of methoxy groups -OCH3 is 9. The summed E-state index contributed by atoms with van der Waals surface area (Å²) in [6.07, 6.45) is 2.06. The molecule has 40 heavy (non-hydrogen) atoms. The van der Waals surface area contributed by atoms with Gasteiger partial charge >= 0.3 is 235 Å². The molecule has 0 spiro atoms. The van der Waals surface area contributed by atoms with E-state index in [-0.39, 0.29) is 6.16 Å². The van der Waals surface area contributed by atoms with Crippen LogP contribution in [0.2, 0.25) is 0 Å². The topological polar surface area (TPSA) is 100 Å². The second kappa shape index (κ2) is 13.3. The number of carbonyl (C=O) groups excluding carboxylic acids is 1. The summed E-state index contributed by atoms with van der Waals surface area (Å²) in [6.45, 7) is 0. The van der Waals surface area contributed by atoms with Gasteiger partial charge in [0.1, 0.15) is 0 Å². The van der Waals surface area contributed by atoms with Gasteiger partial charge in [-0.3, -0.25) is 0 Å². The molecule has 0 heterocycles. The predicted octanol–water partition coefficient (Wildman–Crippen LogP) is 2.90. The van der Waals surface area contributed by atoms with Gasteiger partial charge in [0.2, 0.25) is 0 Å². The van der Waals surface area contributed by atoms with Gasteiger partial charge in [-0.2, -0.15) is 0 Å². The van der Waals surface area contributed by atoms with Crippen LogP contribution in [0, 0.1) is 0 Å². The fraction of sp³-hybridized carbons (Fsp3) is 0.345. The molecule has 0 fully saturated rings. The van der Waals surface area contributed by atoms with Crippen molar-refractivity contribution in [2.75, 3.05) is 70.2 Å². The Bertz CT molecular complexity index is 1110. The molecule has 1 radical (unpaired) electrons. The Kier molecular flexibility index (Phi) is 10.2. The van der Waals surface area contributed by atoms with Crippen LogP contribution in [-0.2, 0) is 4.79 Å². The summed E-state index contributed by atoms with van der Waals surface area (Å²) in [7, 11) is 10.1. The first kappa shape index (κ1) is 30.5. The van der Waals surface area contributed by atoms with Crippen molar-refractivity contribution >= 4 is 29.5 Å². The van der Waals surface area contributed by atoms with Crippen molar-refractivity contribution in [1.29, 1.82) is 0 Å². The first-order valence-electron chi connectivity index (χ1n) is 12.1. The van der Waals surface area contributed by atoms with Gasteiger partial charge in [-0.25, -0.2) is 0 Å². The molecule has 3 aromatic carbocycles. The standard InChI is InChI=1S/C29H36O10P/c1-31-18-12-21(34-4)27(22(13-18)35-5)40(11-10-30,28-23(36-6)14-19(32-2)15-24(28)37-7)29-25(38-8)16-20(33-3)17-26(29)39-9/h12-17,40H,11H2,1-9H3. The second-order valence-electron chi connectivity index (χ2n) is 8.45. The first-order valence-corrected chi connectivity index (χ1v) is 14.3. The minimum atomic E-state index is -3.76. The quantitative estimate of drug-likeness (QED) is 0.267. The molecule has 0 N–H and O–H groups in total. The molecule has 0 bridgehead atoms. The second-order valence-corrected chi connectivity index (χ2v) is 12.1. The van der Waals surface area contributed by atoms with Crippen LogP contribution in [-0.4, -0.2) is 76.4 Å². The van der Waals surface area contributed by atoms with E-state index in [0.717, 1.165) is 0 Å². The van der Waals surface area contributed by atoms with Crippen LogP contribution < -0.4 is 58.5 Å². The van der Waals surface area contributed by atoms with Crippen LogP contribution in [0.5, 0.6) is 51.7 Å². The van der Waals surface area contributed by atoms with Gasteiger partial charge in [0.25, 0.3) is 0 Å². The first-order chi connectivity index (χ1) is 19.4. The van der Waals surface area contributed by atoms with E-state index in [1.54, 1.807) is 57.7 Å². The molecular formula is C29H36O10P. The van der Waals surface area contributed by atoms with Gasteiger partial charge in [-0.05, 0) is 0 Å². The average molecular weight is 576 g/mol. The molecule has 0 atom stereocenters. The number of benzene rings is 3. The Morgan fingerprint density at radius 3 is 0.825 bits per heavy atom. The number of hydrogen-bond donors (Lipinski definition) is 0. The van der Waals surface area contributed by atoms with Crippen LogP contribution in [0.25, 0.3) is 0 Å². The van der Waals surface area contributed by atoms with Gasteiger partial charge in [0.15, 0.2) is 0 Å². The van der Waals surface area contributed by atoms with Crippen LogP contribution in [0.15, 0.2) is 36.4 Å². The molecule has 3 rings (SSSR count). The Morgan fingerprint density at radius 1 is 0.450 bits per heavy atom. The molecule has 3 aromatic rings. The molecule has 0 saturated carbocycles. The van der Waals surface area contributed by atoms with Gasteiger partial charge < -0.3 is 0 Å². The van der Waals surface area contributed by atoms with Gasteiger partial charge in [-0.1, -0.05) is 0 Å². The van der Waals surface area contributed by atoms with E-state index in [1.807, 2.05) is 0 Å². The monoisotopic (exact) mass is 575 g/mol. The zero-order chi connectivity index (χ0) is 29.4. The predicted molar refractivity (Wildman–Crippen MR) is 156 cm³/mol. The van der Waals surface area contributed by atoms with Crippen LogP contribution >= 0.6 is 7.26 Å². The van der Waals surface area contributed by atoms with Crippen molar-refractivity contribution in [3.05, 3.63) is 36.4 Å². The van der Waals surface area contributed by atoms with Crippen LogP contribution in [0.1, 0.15) is 0 Å². The fourth-order valence-corrected chi connectivity index (χ4v) is 10.1. The van der Waals surface area contributed by atoms with Gasteiger partial charge in [0, 0.05) is 0 Å². The third kappa shape index (κ3) is 5.23. The van der Waals surface area contributed by atoms with E-state index in [1.165, 1.54) is 42.7 Å². The maximum atomic E-state index is 12.7. The molecular weight excluding hydrogens is 539 g/mol. The molecule has 11 heteroatoms. The zero-order valence-electron chi connectivity index (χ0n) is 24.3. The van der Waals surface area contributed by atoms with E-state index in [0.29, 0.717) is 67.7 Å². The van der Waals surface area contributed by atoms with Crippen molar-refractivity contribution in [2.45, 2.75) is 0 Å². The molecule has 0 unspecified atom stereocenters. The molecule has 0 aromatic heterocycles. The molecule has 10 nitrogen and oxygen atoms in total. The van der Waals surface area contributed by atoms with E-state index in [9.17, 15) is 4.79 Å². The Labute approximate surface area is 235 Å². The summed E-state index contributed by atoms with van der Waals surface area (Å²) >= 11 is 0. The molecule has 0 aliphatic heterocycles. The molecule has 217 valence electrons. The Hall–Kier alpha value is -4.04. The van der Waals surface area contributed by atoms with Crippen molar-refractivity contribution in [3.8, 4) is 51.7 Å². The third-order valence-corrected chi connectivity index (χ3v) is 11.5. The normalized spacial score (nSPS) is 11.2. The maximum absolute atomic E-state index is 12.7. The minimum absolute atomic E-state index is 0.121. The summed E-state index contributed by atoms with van der Waals surface area (Å²) in [6, 6.07) is 10.4. The van der Waals surface area contributed by atoms with E-state index in [4.69, 9.17) is 42.6 Å². The number of ether oxygens (including phenoxy) is 9. The Morgan fingerprint density at radius 2 is 0.675 bits per heavy atom. The van der Waals surface area contributed by atoms with Crippen LogP contribution in [0.3, 0.4) is 0 Å². The third-order valence-electron chi connectivity index (χ3n) is 6.76. The summed E-state index contributed by atoms with van der Waals surface area (Å²) in [5, 5.41) is 1.76. The zero-order valence-corrected chi connectivity index (χ0v) is 25.3. The van der Waals surface area contributed by atoms with Crippen molar-refractivity contribution < 1.29 is 47.4 Å². The molecule has 0 amide bonds. The van der Waals surface area contributed by atoms with E-state index in [2.05, 4.69) is 6.29 Å². The SMILES string of the molecule is COc1cc(OC)c([PH](C[C]=O)(c2c(OC)cc(OC)cc2OC)c2c(OC)cc(OC)cc2OC)c(OC)c1. The van der Waals surface area contributed by atoms with Crippen molar-refractivity contribution in [3.63, 3.8) is 0 Å². The summed E-state index contributed by atoms with van der Waals surface area (Å²) in [5.74, 6) is 3.98. The van der Waals surface area contributed by atoms with Crippen LogP contribution in [0.4, 0.5) is 0 Å². The van der Waals surface area contributed by atoms with Crippen molar-refractivity contribution in [1.82, 2.24) is 0 Å². The molecule has 0 aliphatic rings. The summed E-state index contributed by atoms with van der Waals surface area (Å²) in [5.41, 5.74) is 0. The number of rotatable bonds is 14. The van der Waals surface area contributed by atoms with Crippen molar-refractivity contribution in [2.24, 2.45) is 0 Å². The fourth-order valence-electron chi connectivity index (χ4n) is 5.03. The molecule has 0 saturated heterocycles. The van der Waals surface area contributed by atoms with E-state index >= 15 is 0 Å². The number of hydrogen-bond acceptors (Lipinski definition) is 10. The van der Waals surface area contributed by atoms with E-state index < -0.39 is 7.26 Å². The summed E-state index contributed by atoms with van der Waals surface area (Å²) < 4.78 is 52.2. The molecule has 0 aliphatic carbocycles. The summed E-state index contributed by atoms with van der Waals surface area (Å²) in [4.78, 5) is 12.7. The van der Waals surface area contributed by atoms with Gasteiger partial charge in [-0.15, -0.1) is 0 Å². The average Bonchev–Trinajstić information content (AvgIpc) is 3.01. The van der Waals surface area contributed by atoms with Gasteiger partial charge in [0.05, 0.1) is 0 Å². The Balaban J connectivity index is 2.79.